The van der Waals surface area contributed by atoms with E-state index >= 15 is 0 Å². The van der Waals surface area contributed by atoms with Gasteiger partial charge in [0, 0.05) is 18.5 Å². The topological polar surface area (TPSA) is 32.3 Å². The molecule has 1 unspecified atom stereocenters. The summed E-state index contributed by atoms with van der Waals surface area (Å²) in [6, 6.07) is 0.256. The minimum atomic E-state index is 0.133. The Labute approximate surface area is 92.5 Å². The minimum Gasteiger partial charge on any atom is -0.336 e. The molecule has 1 fully saturated rings. The summed E-state index contributed by atoms with van der Waals surface area (Å²) in [7, 11) is 0. The first-order chi connectivity index (χ1) is 7.07. The molecule has 1 saturated heterocycles. The van der Waals surface area contributed by atoms with Crippen LogP contribution in [0.25, 0.3) is 0 Å². The van der Waals surface area contributed by atoms with Crippen LogP contribution in [0.3, 0.4) is 0 Å². The molecular weight excluding hydrogens is 188 g/mol. The van der Waals surface area contributed by atoms with Gasteiger partial charge in [0.15, 0.2) is 0 Å². The molecule has 0 radical (unpaired) electrons. The van der Waals surface area contributed by atoms with Crippen molar-refractivity contribution in [1.82, 2.24) is 10.2 Å². The number of amides is 1. The number of rotatable bonds is 5. The van der Waals surface area contributed by atoms with E-state index in [1.165, 1.54) is 0 Å². The molecule has 0 aromatic carbocycles. The van der Waals surface area contributed by atoms with E-state index in [1.54, 1.807) is 6.08 Å². The fourth-order valence-corrected chi connectivity index (χ4v) is 1.82. The summed E-state index contributed by atoms with van der Waals surface area (Å²) in [5.41, 5.74) is 0. The monoisotopic (exact) mass is 210 g/mol. The molecule has 3 nitrogen and oxygen atoms in total. The van der Waals surface area contributed by atoms with Crippen LogP contribution in [-0.4, -0.2) is 36.5 Å². The van der Waals surface area contributed by atoms with E-state index in [4.69, 9.17) is 0 Å². The zero-order chi connectivity index (χ0) is 11.4. The Morgan fingerprint density at radius 2 is 2.13 bits per heavy atom. The number of nitrogens with one attached hydrogen (secondary N) is 1. The average Bonchev–Trinajstić information content (AvgIpc) is 2.09. The van der Waals surface area contributed by atoms with Crippen molar-refractivity contribution >= 4 is 5.91 Å². The van der Waals surface area contributed by atoms with Crippen LogP contribution in [0.4, 0.5) is 0 Å². The van der Waals surface area contributed by atoms with E-state index in [2.05, 4.69) is 11.9 Å². The Bertz CT molecular complexity index is 234. The predicted octanol–water partition coefficient (Wildman–Crippen LogP) is 1.26. The summed E-state index contributed by atoms with van der Waals surface area (Å²) >= 11 is 0. The average molecular weight is 210 g/mol. The van der Waals surface area contributed by atoms with Gasteiger partial charge in [0.2, 0.25) is 5.91 Å². The third-order valence-corrected chi connectivity index (χ3v) is 3.14. The van der Waals surface area contributed by atoms with Crippen LogP contribution in [0.1, 0.15) is 20.8 Å². The van der Waals surface area contributed by atoms with Crippen LogP contribution in [0.2, 0.25) is 0 Å². The molecule has 1 aliphatic heterocycles. The summed E-state index contributed by atoms with van der Waals surface area (Å²) in [5, 5.41) is 3.21. The molecule has 15 heavy (non-hydrogen) atoms. The van der Waals surface area contributed by atoms with E-state index in [-0.39, 0.29) is 17.9 Å². The quantitative estimate of drug-likeness (QED) is 0.693. The Hall–Kier alpha value is -0.830. The largest absolute Gasteiger partial charge is 0.336 e. The Balaban J connectivity index is 2.57. The Morgan fingerprint density at radius 1 is 1.53 bits per heavy atom. The van der Waals surface area contributed by atoms with Gasteiger partial charge in [0.1, 0.15) is 0 Å². The molecule has 0 aromatic heterocycles. The molecule has 0 saturated carbocycles. The van der Waals surface area contributed by atoms with Crippen molar-refractivity contribution in [3.8, 4) is 0 Å². The van der Waals surface area contributed by atoms with Gasteiger partial charge in [-0.25, -0.2) is 0 Å². The summed E-state index contributed by atoms with van der Waals surface area (Å²) < 4.78 is 0. The van der Waals surface area contributed by atoms with Gasteiger partial charge in [0.25, 0.3) is 0 Å². The number of carbonyl (C=O) groups excluding carboxylic acids is 1. The van der Waals surface area contributed by atoms with E-state index < -0.39 is 0 Å². The highest BCUT2D eigenvalue weighted by Crippen LogP contribution is 2.19. The van der Waals surface area contributed by atoms with Crippen LogP contribution >= 0.6 is 0 Å². The first-order valence-electron chi connectivity index (χ1n) is 5.70. The molecular formula is C12H22N2O. The van der Waals surface area contributed by atoms with Crippen LogP contribution in [0.15, 0.2) is 12.7 Å². The molecule has 1 N–H and O–H groups in total. The third-order valence-electron chi connectivity index (χ3n) is 3.14. The van der Waals surface area contributed by atoms with Gasteiger partial charge in [0.05, 0.1) is 0 Å². The maximum Gasteiger partial charge on any atom is 0.226 e. The van der Waals surface area contributed by atoms with Gasteiger partial charge < -0.3 is 10.2 Å². The van der Waals surface area contributed by atoms with Gasteiger partial charge in [-0.1, -0.05) is 13.0 Å². The smallest absolute Gasteiger partial charge is 0.226 e. The molecule has 0 aromatic rings. The summed E-state index contributed by atoms with van der Waals surface area (Å²) in [5.74, 6) is 0.911. The fourth-order valence-electron chi connectivity index (χ4n) is 1.82. The standard InChI is InChI=1S/C12H22N2O/c1-5-6-14(9(2)3)12(15)10(4)11-7-13-8-11/h5,9-11,13H,1,6-8H2,2-4H3. The van der Waals surface area contributed by atoms with E-state index in [9.17, 15) is 4.79 Å². The number of hydrogen-bond donors (Lipinski definition) is 1. The van der Waals surface area contributed by atoms with E-state index in [0.29, 0.717) is 12.5 Å². The minimum absolute atomic E-state index is 0.133. The van der Waals surface area contributed by atoms with Crippen molar-refractivity contribution in [2.24, 2.45) is 11.8 Å². The van der Waals surface area contributed by atoms with Crippen LogP contribution in [0.5, 0.6) is 0 Å². The van der Waals surface area contributed by atoms with Gasteiger partial charge in [-0.15, -0.1) is 6.58 Å². The highest BCUT2D eigenvalue weighted by Gasteiger charge is 2.31. The maximum atomic E-state index is 12.2. The highest BCUT2D eigenvalue weighted by molar-refractivity contribution is 5.79. The fraction of sp³-hybridized carbons (Fsp3) is 0.750. The molecule has 1 atom stereocenters. The molecule has 1 rings (SSSR count). The number of carbonyl (C=O) groups is 1. The molecule has 1 amide bonds. The van der Waals surface area contributed by atoms with Crippen molar-refractivity contribution in [3.05, 3.63) is 12.7 Å². The first kappa shape index (κ1) is 12.2. The van der Waals surface area contributed by atoms with Gasteiger partial charge in [-0.3, -0.25) is 4.79 Å². The molecule has 0 bridgehead atoms. The Kier molecular flexibility index (Phi) is 4.33. The predicted molar refractivity (Wildman–Crippen MR) is 62.6 cm³/mol. The molecule has 0 spiro atoms. The van der Waals surface area contributed by atoms with E-state index in [0.717, 1.165) is 13.1 Å². The lowest BCUT2D eigenvalue weighted by Crippen LogP contribution is -2.51. The van der Waals surface area contributed by atoms with E-state index in [1.807, 2.05) is 25.7 Å². The zero-order valence-electron chi connectivity index (χ0n) is 9.99. The second kappa shape index (κ2) is 5.31. The molecule has 1 aliphatic rings. The molecule has 3 heteroatoms. The maximum absolute atomic E-state index is 12.2. The lowest BCUT2D eigenvalue weighted by atomic mass is 9.87. The lowest BCUT2D eigenvalue weighted by Gasteiger charge is -2.36. The first-order valence-corrected chi connectivity index (χ1v) is 5.70. The number of nitrogens with zero attached hydrogens (tertiary/aromatic N) is 1. The highest BCUT2D eigenvalue weighted by atomic mass is 16.2. The summed E-state index contributed by atoms with van der Waals surface area (Å²) in [6.07, 6.45) is 1.80. The summed E-state index contributed by atoms with van der Waals surface area (Å²) in [4.78, 5) is 14.1. The summed E-state index contributed by atoms with van der Waals surface area (Å²) in [6.45, 7) is 12.4. The third kappa shape index (κ3) is 2.81. The molecule has 0 aliphatic carbocycles. The van der Waals surface area contributed by atoms with Crippen molar-refractivity contribution in [3.63, 3.8) is 0 Å². The van der Waals surface area contributed by atoms with Crippen LogP contribution < -0.4 is 5.32 Å². The van der Waals surface area contributed by atoms with Crippen molar-refractivity contribution in [1.29, 1.82) is 0 Å². The van der Waals surface area contributed by atoms with Crippen molar-refractivity contribution in [2.45, 2.75) is 26.8 Å². The SMILES string of the molecule is C=CCN(C(=O)C(C)C1CNC1)C(C)C. The van der Waals surface area contributed by atoms with Crippen LogP contribution in [0, 0.1) is 11.8 Å². The van der Waals surface area contributed by atoms with Gasteiger partial charge >= 0.3 is 0 Å². The van der Waals surface area contributed by atoms with Crippen molar-refractivity contribution in [2.75, 3.05) is 19.6 Å². The van der Waals surface area contributed by atoms with Gasteiger partial charge in [-0.2, -0.15) is 0 Å². The number of hydrogen-bond acceptors (Lipinski definition) is 2. The normalized spacial score (nSPS) is 18.4. The Morgan fingerprint density at radius 3 is 2.47 bits per heavy atom. The zero-order valence-corrected chi connectivity index (χ0v) is 9.99. The lowest BCUT2D eigenvalue weighted by molar-refractivity contribution is -0.138. The van der Waals surface area contributed by atoms with Gasteiger partial charge in [-0.05, 0) is 32.9 Å². The second-order valence-electron chi connectivity index (χ2n) is 4.58. The van der Waals surface area contributed by atoms with Crippen LogP contribution in [-0.2, 0) is 4.79 Å². The molecule has 1 heterocycles. The molecule has 86 valence electrons. The second-order valence-corrected chi connectivity index (χ2v) is 4.58. The van der Waals surface area contributed by atoms with Crippen molar-refractivity contribution < 1.29 is 4.79 Å².